The number of carbonyl (C=O) groups is 2. The third-order valence-corrected chi connectivity index (χ3v) is 6.13. The van der Waals surface area contributed by atoms with Gasteiger partial charge in [-0.1, -0.05) is 0 Å². The maximum Gasteiger partial charge on any atom is 0.318 e. The number of likely N-dealkylation sites (N-methyl/N-ethyl adjacent to an activating group) is 1. The van der Waals surface area contributed by atoms with Crippen molar-refractivity contribution in [2.24, 2.45) is 5.10 Å². The van der Waals surface area contributed by atoms with Crippen molar-refractivity contribution in [2.75, 3.05) is 33.1 Å². The van der Waals surface area contributed by atoms with E-state index < -0.39 is 0 Å². The van der Waals surface area contributed by atoms with E-state index in [9.17, 15) is 9.59 Å². The maximum absolute atomic E-state index is 13.3. The lowest BCUT2D eigenvalue weighted by Crippen LogP contribution is -2.24. The van der Waals surface area contributed by atoms with Crippen molar-refractivity contribution < 1.29 is 19.1 Å². The molecule has 9 nitrogen and oxygen atoms in total. The number of anilines is 1. The number of aromatic amines is 1. The van der Waals surface area contributed by atoms with Crippen molar-refractivity contribution in [1.29, 1.82) is 0 Å². The summed E-state index contributed by atoms with van der Waals surface area (Å²) in [6.07, 6.45) is 1.79. The largest absolute Gasteiger partial charge is 0.497 e. The molecule has 174 valence electrons. The van der Waals surface area contributed by atoms with Crippen molar-refractivity contribution in [3.63, 3.8) is 0 Å². The molecule has 0 bridgehead atoms. The molecule has 2 amide bonds. The minimum absolute atomic E-state index is 0.0532. The second kappa shape index (κ2) is 8.26. The number of urea groups is 1. The van der Waals surface area contributed by atoms with Gasteiger partial charge in [0.1, 0.15) is 11.5 Å². The third-order valence-electron chi connectivity index (χ3n) is 6.13. The van der Waals surface area contributed by atoms with E-state index in [1.807, 2.05) is 37.2 Å². The van der Waals surface area contributed by atoms with Gasteiger partial charge in [0, 0.05) is 54.2 Å². The average molecular weight is 460 g/mol. The molecule has 3 N–H and O–H groups in total. The van der Waals surface area contributed by atoms with Gasteiger partial charge in [-0.15, -0.1) is 0 Å². The Balaban J connectivity index is 1.59. The molecular formula is C25H25N5O4. The number of fused-ring (bicyclic) bond motifs is 2. The minimum Gasteiger partial charge on any atom is -0.497 e. The number of allylic oxidation sites excluding steroid dienone is 1. The molecule has 5 rings (SSSR count). The summed E-state index contributed by atoms with van der Waals surface area (Å²) in [6, 6.07) is 10.4. The van der Waals surface area contributed by atoms with E-state index >= 15 is 0 Å². The number of hydrazone groups is 1. The number of nitrogens with zero attached hydrogens (tertiary/aromatic N) is 2. The first-order chi connectivity index (χ1) is 16.4. The van der Waals surface area contributed by atoms with Crippen molar-refractivity contribution in [2.45, 2.75) is 12.8 Å². The molecule has 3 aromatic rings. The maximum atomic E-state index is 13.3. The molecule has 2 aliphatic heterocycles. The van der Waals surface area contributed by atoms with E-state index in [1.54, 1.807) is 31.4 Å². The second-order valence-electron chi connectivity index (χ2n) is 8.35. The summed E-state index contributed by atoms with van der Waals surface area (Å²) in [5.41, 5.74) is 4.67. The number of hydrogen-bond acceptors (Lipinski definition) is 6. The topological polar surface area (TPSA) is 108 Å². The number of amides is 2. The summed E-state index contributed by atoms with van der Waals surface area (Å²) in [5, 5.41) is 12.6. The number of benzene rings is 2. The molecule has 0 fully saturated rings. The fourth-order valence-electron chi connectivity index (χ4n) is 4.44. The lowest BCUT2D eigenvalue weighted by molar-refractivity contribution is 0.101. The number of nitrogens with one attached hydrogen (secondary N) is 3. The van der Waals surface area contributed by atoms with Crippen LogP contribution in [0.5, 0.6) is 11.5 Å². The van der Waals surface area contributed by atoms with Gasteiger partial charge in [0.2, 0.25) is 5.78 Å². The van der Waals surface area contributed by atoms with Crippen LogP contribution in [0.1, 0.15) is 34.5 Å². The molecule has 1 atom stereocenters. The first-order valence-electron chi connectivity index (χ1n) is 10.9. The van der Waals surface area contributed by atoms with Crippen LogP contribution >= 0.6 is 0 Å². The Labute approximate surface area is 196 Å². The first-order valence-corrected chi connectivity index (χ1v) is 10.9. The zero-order valence-corrected chi connectivity index (χ0v) is 19.4. The summed E-state index contributed by atoms with van der Waals surface area (Å²) < 4.78 is 11.4. The van der Waals surface area contributed by atoms with Gasteiger partial charge in [-0.25, -0.2) is 4.79 Å². The molecule has 3 heterocycles. The van der Waals surface area contributed by atoms with Gasteiger partial charge in [0.05, 0.1) is 18.6 Å². The lowest BCUT2D eigenvalue weighted by atomic mass is 9.96. The molecule has 2 aromatic carbocycles. The van der Waals surface area contributed by atoms with Gasteiger partial charge in [0.15, 0.2) is 5.76 Å². The summed E-state index contributed by atoms with van der Waals surface area (Å²) in [5.74, 6) is 1.21. The predicted octanol–water partition coefficient (Wildman–Crippen LogP) is 3.95. The highest BCUT2D eigenvalue weighted by Crippen LogP contribution is 2.38. The fraction of sp³-hybridized carbons (Fsp3) is 0.240. The van der Waals surface area contributed by atoms with E-state index in [4.69, 9.17) is 9.47 Å². The lowest BCUT2D eigenvalue weighted by Gasteiger charge is -2.12. The number of ether oxygens (including phenoxy) is 2. The highest BCUT2D eigenvalue weighted by Gasteiger charge is 2.31. The third kappa shape index (κ3) is 3.64. The van der Waals surface area contributed by atoms with Crippen LogP contribution in [-0.2, 0) is 0 Å². The Kier molecular flexibility index (Phi) is 5.24. The van der Waals surface area contributed by atoms with Gasteiger partial charge >= 0.3 is 6.03 Å². The van der Waals surface area contributed by atoms with Crippen LogP contribution in [0, 0.1) is 0 Å². The Morgan fingerprint density at radius 3 is 2.82 bits per heavy atom. The number of aromatic nitrogens is 1. The number of Topliss-reactive ketones (excluding diaryl/α,β-unsaturated/α-hetero) is 1. The van der Waals surface area contributed by atoms with Gasteiger partial charge in [-0.3, -0.25) is 9.80 Å². The van der Waals surface area contributed by atoms with E-state index in [2.05, 4.69) is 20.7 Å². The molecule has 0 saturated carbocycles. The molecule has 0 aliphatic carbocycles. The van der Waals surface area contributed by atoms with E-state index in [0.717, 1.165) is 40.2 Å². The second-order valence-corrected chi connectivity index (χ2v) is 8.35. The summed E-state index contributed by atoms with van der Waals surface area (Å²) in [4.78, 5) is 28.4. The summed E-state index contributed by atoms with van der Waals surface area (Å²) in [6.45, 7) is 2.74. The quantitative estimate of drug-likeness (QED) is 0.512. The molecule has 0 saturated heterocycles. The van der Waals surface area contributed by atoms with E-state index in [1.165, 1.54) is 7.05 Å². The van der Waals surface area contributed by atoms with Crippen LogP contribution in [0.25, 0.3) is 17.0 Å². The smallest absolute Gasteiger partial charge is 0.318 e. The van der Waals surface area contributed by atoms with Crippen LogP contribution in [0.2, 0.25) is 0 Å². The Morgan fingerprint density at radius 1 is 1.29 bits per heavy atom. The first kappa shape index (κ1) is 21.6. The zero-order chi connectivity index (χ0) is 24.0. The summed E-state index contributed by atoms with van der Waals surface area (Å²) >= 11 is 0. The van der Waals surface area contributed by atoms with Crippen molar-refractivity contribution in [3.05, 3.63) is 59.0 Å². The Hall–Kier alpha value is -4.27. The average Bonchev–Trinajstić information content (AvgIpc) is 3.46. The van der Waals surface area contributed by atoms with Gasteiger partial charge in [-0.2, -0.15) is 5.10 Å². The van der Waals surface area contributed by atoms with E-state index in [-0.39, 0.29) is 23.5 Å². The number of carbonyl (C=O) groups excluding carboxylic acids is 2. The van der Waals surface area contributed by atoms with Gasteiger partial charge < -0.3 is 25.1 Å². The molecule has 2 aliphatic rings. The molecule has 34 heavy (non-hydrogen) atoms. The number of ketones is 1. The monoisotopic (exact) mass is 459 g/mol. The molecule has 1 unspecified atom stereocenters. The highest BCUT2D eigenvalue weighted by atomic mass is 16.5. The van der Waals surface area contributed by atoms with Crippen molar-refractivity contribution >= 4 is 40.2 Å². The fourth-order valence-corrected chi connectivity index (χ4v) is 4.44. The van der Waals surface area contributed by atoms with Crippen molar-refractivity contribution in [3.8, 4) is 11.5 Å². The molecule has 0 spiro atoms. The van der Waals surface area contributed by atoms with Crippen LogP contribution < -0.4 is 20.1 Å². The van der Waals surface area contributed by atoms with Gasteiger partial charge in [-0.05, 0) is 49.4 Å². The number of rotatable bonds is 4. The number of hydrogen-bond donors (Lipinski definition) is 3. The van der Waals surface area contributed by atoms with Crippen LogP contribution in [0.4, 0.5) is 10.5 Å². The minimum atomic E-state index is -0.363. The molecule has 1 aromatic heterocycles. The molecule has 0 radical (unpaired) electrons. The molecule has 9 heteroatoms. The number of H-pyrrole nitrogens is 1. The Morgan fingerprint density at radius 2 is 2.12 bits per heavy atom. The van der Waals surface area contributed by atoms with Crippen LogP contribution in [0.15, 0.2) is 47.3 Å². The normalized spacial score (nSPS) is 18.2. The predicted molar refractivity (Wildman–Crippen MR) is 131 cm³/mol. The zero-order valence-electron chi connectivity index (χ0n) is 19.4. The number of methoxy groups -OCH3 is 1. The molecular weight excluding hydrogens is 434 g/mol. The summed E-state index contributed by atoms with van der Waals surface area (Å²) in [7, 11) is 5.10. The SMILES string of the molecule is CNC(=O)Nc1ccc2c(c1)C(=O)/C(=C/c1c(C3CN(C)N=C3C)[nH]c3ccc(OC)cc13)O2. The van der Waals surface area contributed by atoms with Gasteiger partial charge in [0.25, 0.3) is 0 Å². The highest BCUT2D eigenvalue weighted by molar-refractivity contribution is 6.16. The van der Waals surface area contributed by atoms with Crippen LogP contribution in [-0.4, -0.2) is 55.3 Å². The van der Waals surface area contributed by atoms with E-state index in [0.29, 0.717) is 17.0 Å². The Bertz CT molecular complexity index is 1390. The van der Waals surface area contributed by atoms with Crippen molar-refractivity contribution in [1.82, 2.24) is 15.3 Å². The van der Waals surface area contributed by atoms with Crippen LogP contribution in [0.3, 0.4) is 0 Å². The standard InChI is InChI=1S/C25H25N5O4/c1-13-19(12-30(3)29-13)23-17(16-10-15(33-4)6-7-20(16)28-23)11-22-24(31)18-9-14(27-25(32)26-2)5-8-21(18)34-22/h5-11,19,28H,12H2,1-4H3,(H2,26,27,32)/b22-11-.